The van der Waals surface area contributed by atoms with Gasteiger partial charge in [0.25, 0.3) is 5.91 Å². The van der Waals surface area contributed by atoms with Gasteiger partial charge in [-0.2, -0.15) is 5.10 Å². The quantitative estimate of drug-likeness (QED) is 0.745. The molecular formula is C19H20N4O. The van der Waals surface area contributed by atoms with E-state index in [1.807, 2.05) is 58.2 Å². The first-order valence-electron chi connectivity index (χ1n) is 8.45. The topological polar surface area (TPSA) is 51.0 Å². The average molecular weight is 320 g/mol. The van der Waals surface area contributed by atoms with Crippen molar-refractivity contribution in [3.8, 4) is 0 Å². The minimum Gasteiger partial charge on any atom is -0.332 e. The first kappa shape index (κ1) is 14.9. The van der Waals surface area contributed by atoms with Crippen molar-refractivity contribution >= 4 is 16.8 Å². The van der Waals surface area contributed by atoms with Crippen molar-refractivity contribution in [2.24, 2.45) is 0 Å². The third kappa shape index (κ3) is 2.89. The second-order valence-corrected chi connectivity index (χ2v) is 6.27. The Labute approximate surface area is 140 Å². The van der Waals surface area contributed by atoms with Crippen LogP contribution in [-0.4, -0.2) is 38.2 Å². The fraction of sp³-hybridized carbons (Fsp3) is 0.316. The molecular weight excluding hydrogens is 300 g/mol. The number of para-hydroxylation sites is 1. The Morgan fingerprint density at radius 2 is 2.04 bits per heavy atom. The van der Waals surface area contributed by atoms with E-state index in [0.717, 1.165) is 43.3 Å². The fourth-order valence-corrected chi connectivity index (χ4v) is 3.41. The van der Waals surface area contributed by atoms with Crippen molar-refractivity contribution in [2.75, 3.05) is 6.54 Å². The summed E-state index contributed by atoms with van der Waals surface area (Å²) in [4.78, 5) is 19.6. The molecule has 2 aromatic heterocycles. The summed E-state index contributed by atoms with van der Waals surface area (Å²) in [7, 11) is 0. The smallest absolute Gasteiger partial charge is 0.272 e. The Morgan fingerprint density at radius 3 is 2.92 bits per heavy atom. The molecule has 1 aliphatic heterocycles. The Bertz CT molecular complexity index is 843. The maximum absolute atomic E-state index is 13.0. The lowest BCUT2D eigenvalue weighted by molar-refractivity contribution is 0.0578. The molecule has 5 heteroatoms. The first-order valence-corrected chi connectivity index (χ1v) is 8.45. The SMILES string of the molecule is O=C(c1ccc2ccccc2n1)N1CCCC[C@@H]1Cn1cccn1. The second-order valence-electron chi connectivity index (χ2n) is 6.27. The third-order valence-electron chi connectivity index (χ3n) is 4.66. The number of likely N-dealkylation sites (tertiary alicyclic amines) is 1. The van der Waals surface area contributed by atoms with Gasteiger partial charge in [0.05, 0.1) is 18.1 Å². The number of piperidine rings is 1. The van der Waals surface area contributed by atoms with E-state index in [0.29, 0.717) is 5.69 Å². The van der Waals surface area contributed by atoms with Gasteiger partial charge in [-0.15, -0.1) is 0 Å². The van der Waals surface area contributed by atoms with Crippen molar-refractivity contribution in [2.45, 2.75) is 31.8 Å². The number of hydrogen-bond acceptors (Lipinski definition) is 3. The van der Waals surface area contributed by atoms with Gasteiger partial charge in [-0.3, -0.25) is 9.48 Å². The molecule has 0 spiro atoms. The van der Waals surface area contributed by atoms with Crippen LogP contribution in [0.5, 0.6) is 0 Å². The van der Waals surface area contributed by atoms with E-state index in [1.165, 1.54) is 0 Å². The van der Waals surface area contributed by atoms with Crippen molar-refractivity contribution in [3.63, 3.8) is 0 Å². The molecule has 1 fully saturated rings. The van der Waals surface area contributed by atoms with Crippen LogP contribution < -0.4 is 0 Å². The van der Waals surface area contributed by atoms with Gasteiger partial charge in [-0.1, -0.05) is 24.3 Å². The molecule has 0 saturated carbocycles. The van der Waals surface area contributed by atoms with E-state index >= 15 is 0 Å². The molecule has 0 aliphatic carbocycles. The Kier molecular flexibility index (Phi) is 3.99. The number of pyridine rings is 1. The molecule has 0 unspecified atom stereocenters. The van der Waals surface area contributed by atoms with Gasteiger partial charge in [0.15, 0.2) is 0 Å². The van der Waals surface area contributed by atoms with Crippen LogP contribution in [0.1, 0.15) is 29.8 Å². The van der Waals surface area contributed by atoms with Gasteiger partial charge in [0, 0.05) is 24.3 Å². The number of fused-ring (bicyclic) bond motifs is 1. The summed E-state index contributed by atoms with van der Waals surface area (Å²) in [5.41, 5.74) is 1.39. The molecule has 1 aromatic carbocycles. The molecule has 1 amide bonds. The van der Waals surface area contributed by atoms with Crippen LogP contribution in [0.2, 0.25) is 0 Å². The normalized spacial score (nSPS) is 18.0. The van der Waals surface area contributed by atoms with Crippen LogP contribution in [0.15, 0.2) is 54.9 Å². The summed E-state index contributed by atoms with van der Waals surface area (Å²) in [6.45, 7) is 1.53. The molecule has 4 rings (SSSR count). The highest BCUT2D eigenvalue weighted by Crippen LogP contribution is 2.21. The van der Waals surface area contributed by atoms with E-state index in [9.17, 15) is 4.79 Å². The Hall–Kier alpha value is -2.69. The van der Waals surface area contributed by atoms with Gasteiger partial charge in [0.1, 0.15) is 5.69 Å². The number of nitrogens with zero attached hydrogens (tertiary/aromatic N) is 4. The lowest BCUT2D eigenvalue weighted by Crippen LogP contribution is -2.46. The summed E-state index contributed by atoms with van der Waals surface area (Å²) >= 11 is 0. The molecule has 1 saturated heterocycles. The van der Waals surface area contributed by atoms with Crippen molar-refractivity contribution in [3.05, 3.63) is 60.6 Å². The number of amides is 1. The predicted molar refractivity (Wildman–Crippen MR) is 92.6 cm³/mol. The zero-order valence-electron chi connectivity index (χ0n) is 13.5. The lowest BCUT2D eigenvalue weighted by Gasteiger charge is -2.35. The van der Waals surface area contributed by atoms with Gasteiger partial charge >= 0.3 is 0 Å². The Balaban J connectivity index is 1.60. The van der Waals surface area contributed by atoms with Crippen LogP contribution in [0.3, 0.4) is 0 Å². The number of carbonyl (C=O) groups is 1. The fourth-order valence-electron chi connectivity index (χ4n) is 3.41. The summed E-state index contributed by atoms with van der Waals surface area (Å²) in [5.74, 6) is 0.0256. The lowest BCUT2D eigenvalue weighted by atomic mass is 10.0. The van der Waals surface area contributed by atoms with E-state index < -0.39 is 0 Å². The molecule has 0 radical (unpaired) electrons. The summed E-state index contributed by atoms with van der Waals surface area (Å²) in [6.07, 6.45) is 6.94. The number of benzene rings is 1. The van der Waals surface area contributed by atoms with Gasteiger partial charge in [-0.05, 0) is 37.5 Å². The second kappa shape index (κ2) is 6.43. The summed E-state index contributed by atoms with van der Waals surface area (Å²) in [5, 5.41) is 5.34. The maximum atomic E-state index is 13.0. The number of hydrogen-bond donors (Lipinski definition) is 0. The van der Waals surface area contributed by atoms with Gasteiger partial charge in [0.2, 0.25) is 0 Å². The zero-order valence-corrected chi connectivity index (χ0v) is 13.5. The minimum atomic E-state index is 0.0256. The molecule has 1 aliphatic rings. The number of carbonyl (C=O) groups excluding carboxylic acids is 1. The number of rotatable bonds is 3. The number of aromatic nitrogens is 3. The summed E-state index contributed by atoms with van der Waals surface area (Å²) in [6, 6.07) is 13.8. The van der Waals surface area contributed by atoms with Crippen LogP contribution in [-0.2, 0) is 6.54 Å². The van der Waals surface area contributed by atoms with E-state index in [1.54, 1.807) is 6.20 Å². The third-order valence-corrected chi connectivity index (χ3v) is 4.66. The zero-order chi connectivity index (χ0) is 16.4. The van der Waals surface area contributed by atoms with E-state index in [4.69, 9.17) is 0 Å². The Morgan fingerprint density at radius 1 is 1.12 bits per heavy atom. The first-order chi connectivity index (χ1) is 11.8. The highest BCUT2D eigenvalue weighted by atomic mass is 16.2. The molecule has 1 atom stereocenters. The van der Waals surface area contributed by atoms with Crippen LogP contribution in [0, 0.1) is 0 Å². The largest absolute Gasteiger partial charge is 0.332 e. The average Bonchev–Trinajstić information content (AvgIpc) is 3.14. The van der Waals surface area contributed by atoms with Crippen molar-refractivity contribution in [1.29, 1.82) is 0 Å². The predicted octanol–water partition coefficient (Wildman–Crippen LogP) is 3.13. The minimum absolute atomic E-state index is 0.0256. The van der Waals surface area contributed by atoms with Gasteiger partial charge in [-0.25, -0.2) is 4.98 Å². The molecule has 0 bridgehead atoms. The van der Waals surface area contributed by atoms with Crippen LogP contribution >= 0.6 is 0 Å². The standard InChI is InChI=1S/C19H20N4O/c24-19(18-10-9-15-6-1-2-8-17(15)21-18)23-13-4-3-7-16(23)14-22-12-5-11-20-22/h1-2,5-6,8-12,16H,3-4,7,13-14H2/t16-/m1/s1. The van der Waals surface area contributed by atoms with E-state index in [2.05, 4.69) is 10.1 Å². The highest BCUT2D eigenvalue weighted by Gasteiger charge is 2.28. The molecule has 3 heterocycles. The molecule has 24 heavy (non-hydrogen) atoms. The molecule has 0 N–H and O–H groups in total. The van der Waals surface area contributed by atoms with Gasteiger partial charge < -0.3 is 4.90 Å². The monoisotopic (exact) mass is 320 g/mol. The molecule has 122 valence electrons. The van der Waals surface area contributed by atoms with E-state index in [-0.39, 0.29) is 11.9 Å². The highest BCUT2D eigenvalue weighted by molar-refractivity contribution is 5.95. The van der Waals surface area contributed by atoms with Crippen molar-refractivity contribution in [1.82, 2.24) is 19.7 Å². The van der Waals surface area contributed by atoms with Crippen LogP contribution in [0.25, 0.3) is 10.9 Å². The summed E-state index contributed by atoms with van der Waals surface area (Å²) < 4.78 is 1.91. The van der Waals surface area contributed by atoms with Crippen molar-refractivity contribution < 1.29 is 4.79 Å². The maximum Gasteiger partial charge on any atom is 0.272 e. The van der Waals surface area contributed by atoms with Crippen LogP contribution in [0.4, 0.5) is 0 Å². The molecule has 3 aromatic rings. The molecule has 5 nitrogen and oxygen atoms in total.